The molecular formula is C13H11FN2O3S. The van der Waals surface area contributed by atoms with Crippen LogP contribution in [0.25, 0.3) is 0 Å². The fourth-order valence-electron chi connectivity index (χ4n) is 1.43. The number of carbonyl (C=O) groups is 2. The Morgan fingerprint density at radius 2 is 2.25 bits per heavy atom. The molecule has 7 heteroatoms. The van der Waals surface area contributed by atoms with Crippen LogP contribution in [0.5, 0.6) is 0 Å². The summed E-state index contributed by atoms with van der Waals surface area (Å²) in [7, 11) is 0. The van der Waals surface area contributed by atoms with Crippen molar-refractivity contribution in [2.24, 2.45) is 0 Å². The summed E-state index contributed by atoms with van der Waals surface area (Å²) in [5.74, 6) is -1.53. The van der Waals surface area contributed by atoms with Crippen molar-refractivity contribution >= 4 is 28.9 Å². The van der Waals surface area contributed by atoms with Crippen LogP contribution in [0.4, 0.5) is 10.1 Å². The Labute approximate surface area is 118 Å². The van der Waals surface area contributed by atoms with Gasteiger partial charge >= 0.3 is 5.97 Å². The normalized spacial score (nSPS) is 10.1. The van der Waals surface area contributed by atoms with Crippen molar-refractivity contribution in [3.8, 4) is 0 Å². The molecule has 5 nitrogen and oxygen atoms in total. The van der Waals surface area contributed by atoms with Gasteiger partial charge in [0.1, 0.15) is 11.5 Å². The Balaban J connectivity index is 2.08. The highest BCUT2D eigenvalue weighted by Gasteiger charge is 2.16. The lowest BCUT2D eigenvalue weighted by atomic mass is 10.3. The Morgan fingerprint density at radius 1 is 1.45 bits per heavy atom. The average molecular weight is 294 g/mol. The number of carbonyl (C=O) groups excluding carboxylic acids is 2. The maximum atomic E-state index is 13.0. The highest BCUT2D eigenvalue weighted by molar-refractivity contribution is 7.11. The Kier molecular flexibility index (Phi) is 4.41. The molecule has 1 N–H and O–H groups in total. The van der Waals surface area contributed by atoms with Crippen molar-refractivity contribution in [1.82, 2.24) is 4.98 Å². The Morgan fingerprint density at radius 3 is 2.95 bits per heavy atom. The number of nitrogens with one attached hydrogen (secondary N) is 1. The largest absolute Gasteiger partial charge is 0.461 e. The quantitative estimate of drug-likeness (QED) is 0.880. The number of hydrogen-bond donors (Lipinski definition) is 1. The number of anilines is 1. The van der Waals surface area contributed by atoms with Gasteiger partial charge in [0.2, 0.25) is 5.01 Å². The second-order valence-electron chi connectivity index (χ2n) is 3.72. The third-order valence-electron chi connectivity index (χ3n) is 2.27. The highest BCUT2D eigenvalue weighted by Crippen LogP contribution is 2.14. The molecular weight excluding hydrogens is 283 g/mol. The minimum atomic E-state index is -0.567. The van der Waals surface area contributed by atoms with E-state index in [9.17, 15) is 14.0 Å². The molecule has 0 aliphatic heterocycles. The number of halogens is 1. The van der Waals surface area contributed by atoms with Crippen LogP contribution in [-0.2, 0) is 4.74 Å². The number of hydrogen-bond acceptors (Lipinski definition) is 5. The molecule has 1 aromatic heterocycles. The van der Waals surface area contributed by atoms with E-state index in [1.54, 1.807) is 13.0 Å². The SMILES string of the molecule is CCOC(=O)c1nc(C(=O)Nc2cccc(F)c2)cs1. The van der Waals surface area contributed by atoms with Gasteiger partial charge in [0, 0.05) is 11.1 Å². The van der Waals surface area contributed by atoms with E-state index in [0.29, 0.717) is 5.69 Å². The number of rotatable bonds is 4. The molecule has 0 radical (unpaired) electrons. The molecule has 0 fully saturated rings. The van der Waals surface area contributed by atoms with Crippen LogP contribution in [0.15, 0.2) is 29.6 Å². The van der Waals surface area contributed by atoms with Gasteiger partial charge in [-0.1, -0.05) is 6.07 Å². The van der Waals surface area contributed by atoms with Crippen LogP contribution in [0.2, 0.25) is 0 Å². The van der Waals surface area contributed by atoms with Gasteiger partial charge < -0.3 is 10.1 Å². The third-order valence-corrected chi connectivity index (χ3v) is 3.09. The van der Waals surface area contributed by atoms with Gasteiger partial charge in [0.25, 0.3) is 5.91 Å². The molecule has 0 aliphatic rings. The summed E-state index contributed by atoms with van der Waals surface area (Å²) in [4.78, 5) is 27.2. The number of esters is 1. The van der Waals surface area contributed by atoms with Crippen molar-refractivity contribution in [3.63, 3.8) is 0 Å². The molecule has 0 saturated heterocycles. The van der Waals surface area contributed by atoms with Crippen LogP contribution in [0.1, 0.15) is 27.2 Å². The summed E-state index contributed by atoms with van der Waals surface area (Å²) in [5.41, 5.74) is 0.406. The molecule has 20 heavy (non-hydrogen) atoms. The maximum Gasteiger partial charge on any atom is 0.367 e. The summed E-state index contributed by atoms with van der Waals surface area (Å²) in [5, 5.41) is 4.05. The molecule has 0 spiro atoms. The second-order valence-corrected chi connectivity index (χ2v) is 4.58. The van der Waals surface area contributed by atoms with E-state index >= 15 is 0 Å². The van der Waals surface area contributed by atoms with Crippen molar-refractivity contribution < 1.29 is 18.7 Å². The highest BCUT2D eigenvalue weighted by atomic mass is 32.1. The molecule has 0 aliphatic carbocycles. The van der Waals surface area contributed by atoms with Crippen molar-refractivity contribution in [3.05, 3.63) is 46.2 Å². The Hall–Kier alpha value is -2.28. The van der Waals surface area contributed by atoms with Crippen molar-refractivity contribution in [1.29, 1.82) is 0 Å². The molecule has 1 heterocycles. The summed E-state index contributed by atoms with van der Waals surface area (Å²) in [6, 6.07) is 5.50. The van der Waals surface area contributed by atoms with E-state index in [1.165, 1.54) is 23.6 Å². The summed E-state index contributed by atoms with van der Waals surface area (Å²) >= 11 is 1.02. The Bertz CT molecular complexity index is 642. The predicted molar refractivity (Wildman–Crippen MR) is 72.4 cm³/mol. The number of ether oxygens (including phenoxy) is 1. The first kappa shape index (κ1) is 14.1. The smallest absolute Gasteiger partial charge is 0.367 e. The zero-order valence-corrected chi connectivity index (χ0v) is 11.4. The summed E-state index contributed by atoms with van der Waals surface area (Å²) < 4.78 is 17.8. The first-order valence-corrected chi connectivity index (χ1v) is 6.67. The number of thiazole rings is 1. The van der Waals surface area contributed by atoms with Gasteiger partial charge in [-0.2, -0.15) is 0 Å². The van der Waals surface area contributed by atoms with Gasteiger partial charge in [-0.25, -0.2) is 14.2 Å². The number of aromatic nitrogens is 1. The summed E-state index contributed by atoms with van der Waals surface area (Å²) in [6.45, 7) is 1.92. The fraction of sp³-hybridized carbons (Fsp3) is 0.154. The number of benzene rings is 1. The first-order valence-electron chi connectivity index (χ1n) is 5.79. The molecule has 2 aromatic rings. The van der Waals surface area contributed by atoms with Gasteiger partial charge in [0.05, 0.1) is 6.61 Å². The van der Waals surface area contributed by atoms with E-state index in [1.807, 2.05) is 0 Å². The van der Waals surface area contributed by atoms with E-state index in [-0.39, 0.29) is 17.3 Å². The minimum Gasteiger partial charge on any atom is -0.461 e. The molecule has 2 rings (SSSR count). The molecule has 0 atom stereocenters. The standard InChI is InChI=1S/C13H11FN2O3S/c1-2-19-13(18)12-16-10(7-20-12)11(17)15-9-5-3-4-8(14)6-9/h3-7H,2H2,1H3,(H,15,17). The topological polar surface area (TPSA) is 68.3 Å². The maximum absolute atomic E-state index is 13.0. The zero-order chi connectivity index (χ0) is 14.5. The molecule has 0 saturated carbocycles. The average Bonchev–Trinajstić information content (AvgIpc) is 2.88. The van der Waals surface area contributed by atoms with Crippen LogP contribution >= 0.6 is 11.3 Å². The van der Waals surface area contributed by atoms with Gasteiger partial charge in [-0.15, -0.1) is 11.3 Å². The monoisotopic (exact) mass is 294 g/mol. The van der Waals surface area contributed by atoms with Crippen molar-refractivity contribution in [2.75, 3.05) is 11.9 Å². The molecule has 0 bridgehead atoms. The van der Waals surface area contributed by atoms with Crippen LogP contribution in [0.3, 0.4) is 0 Å². The predicted octanol–water partition coefficient (Wildman–Crippen LogP) is 2.71. The molecule has 1 amide bonds. The fourth-order valence-corrected chi connectivity index (χ4v) is 2.12. The second kappa shape index (κ2) is 6.25. The van der Waals surface area contributed by atoms with Gasteiger partial charge in [-0.05, 0) is 25.1 Å². The number of nitrogens with zero attached hydrogens (tertiary/aromatic N) is 1. The minimum absolute atomic E-state index is 0.0855. The van der Waals surface area contributed by atoms with E-state index in [4.69, 9.17) is 4.74 Å². The van der Waals surface area contributed by atoms with Crippen LogP contribution in [0, 0.1) is 5.82 Å². The van der Waals surface area contributed by atoms with Crippen LogP contribution < -0.4 is 5.32 Å². The lowest BCUT2D eigenvalue weighted by molar-refractivity contribution is 0.0526. The van der Waals surface area contributed by atoms with Crippen LogP contribution in [-0.4, -0.2) is 23.5 Å². The van der Waals surface area contributed by atoms with E-state index < -0.39 is 17.7 Å². The zero-order valence-electron chi connectivity index (χ0n) is 10.6. The molecule has 104 valence electrons. The van der Waals surface area contributed by atoms with Gasteiger partial charge in [0.15, 0.2) is 0 Å². The third kappa shape index (κ3) is 3.39. The lowest BCUT2D eigenvalue weighted by Gasteiger charge is -2.02. The van der Waals surface area contributed by atoms with Gasteiger partial charge in [-0.3, -0.25) is 4.79 Å². The first-order chi connectivity index (χ1) is 9.60. The molecule has 0 unspecified atom stereocenters. The number of amides is 1. The molecule has 1 aromatic carbocycles. The van der Waals surface area contributed by atoms with E-state index in [0.717, 1.165) is 11.3 Å². The van der Waals surface area contributed by atoms with Crippen molar-refractivity contribution in [2.45, 2.75) is 6.92 Å². The summed E-state index contributed by atoms with van der Waals surface area (Å²) in [6.07, 6.45) is 0. The van der Waals surface area contributed by atoms with E-state index in [2.05, 4.69) is 10.3 Å². The lowest BCUT2D eigenvalue weighted by Crippen LogP contribution is -2.13.